The Labute approximate surface area is 126 Å². The average Bonchev–Trinajstić information content (AvgIpc) is 2.45. The predicted molar refractivity (Wildman–Crippen MR) is 86.7 cm³/mol. The molecular formula is C17H13ClOS. The minimum Gasteiger partial charge on any atom is -0.612 e. The molecule has 0 aromatic heterocycles. The van der Waals surface area contributed by atoms with Crippen LogP contribution in [-0.4, -0.2) is 10.8 Å². The van der Waals surface area contributed by atoms with Crippen LogP contribution in [0.15, 0.2) is 65.6 Å². The van der Waals surface area contributed by atoms with Crippen LogP contribution < -0.4 is 0 Å². The van der Waals surface area contributed by atoms with Crippen molar-refractivity contribution in [3.05, 3.63) is 65.7 Å². The second-order valence-electron chi connectivity index (χ2n) is 4.63. The maximum Gasteiger partial charge on any atom is 0.168 e. The lowest BCUT2D eigenvalue weighted by Crippen LogP contribution is -2.01. The summed E-state index contributed by atoms with van der Waals surface area (Å²) in [6, 6.07) is 19.7. The zero-order valence-corrected chi connectivity index (χ0v) is 12.5. The summed E-state index contributed by atoms with van der Waals surface area (Å²) in [5, 5.41) is 2.82. The Hall–Kier alpha value is -1.48. The molecule has 100 valence electrons. The van der Waals surface area contributed by atoms with E-state index in [-0.39, 0.29) is 0 Å². The molecule has 0 radical (unpaired) electrons. The summed E-state index contributed by atoms with van der Waals surface area (Å²) >= 11 is 5.00. The second-order valence-corrected chi connectivity index (χ2v) is 6.38. The van der Waals surface area contributed by atoms with Crippen molar-refractivity contribution in [3.63, 3.8) is 0 Å². The number of hydrogen-bond acceptors (Lipinski definition) is 1. The van der Waals surface area contributed by atoms with Crippen molar-refractivity contribution in [1.82, 2.24) is 0 Å². The molecule has 1 unspecified atom stereocenters. The Kier molecular flexibility index (Phi) is 3.70. The van der Waals surface area contributed by atoms with Gasteiger partial charge in [-0.05, 0) is 46.4 Å². The fraction of sp³-hybridized carbons (Fsp3) is 0.0588. The van der Waals surface area contributed by atoms with Crippen LogP contribution >= 0.6 is 11.6 Å². The van der Waals surface area contributed by atoms with Crippen LogP contribution in [0.1, 0.15) is 0 Å². The van der Waals surface area contributed by atoms with E-state index in [1.54, 1.807) is 6.26 Å². The van der Waals surface area contributed by atoms with Crippen LogP contribution in [0.5, 0.6) is 0 Å². The van der Waals surface area contributed by atoms with Crippen molar-refractivity contribution in [3.8, 4) is 11.1 Å². The standard InChI is InChI=1S/C17H13ClOS/c1-20(19)17-15-8-3-2-5-12(15)9-10-16(17)13-6-4-7-14(18)11-13/h2-11H,1H3. The quantitative estimate of drug-likeness (QED) is 0.617. The molecular weight excluding hydrogens is 288 g/mol. The molecule has 1 atom stereocenters. The lowest BCUT2D eigenvalue weighted by Gasteiger charge is -2.14. The number of fused-ring (bicyclic) bond motifs is 1. The molecule has 3 aromatic rings. The molecule has 0 saturated carbocycles. The summed E-state index contributed by atoms with van der Waals surface area (Å²) in [6.07, 6.45) is 1.72. The van der Waals surface area contributed by atoms with Crippen molar-refractivity contribution < 1.29 is 4.55 Å². The van der Waals surface area contributed by atoms with Gasteiger partial charge in [0.25, 0.3) is 0 Å². The fourth-order valence-corrected chi connectivity index (χ4v) is 3.62. The first-order valence-corrected chi connectivity index (χ1v) is 8.21. The van der Waals surface area contributed by atoms with Gasteiger partial charge in [0.1, 0.15) is 6.26 Å². The highest BCUT2D eigenvalue weighted by Gasteiger charge is 2.17. The van der Waals surface area contributed by atoms with E-state index in [2.05, 4.69) is 6.07 Å². The molecule has 3 aromatic carbocycles. The predicted octanol–water partition coefficient (Wildman–Crippen LogP) is 4.90. The maximum atomic E-state index is 12.2. The van der Waals surface area contributed by atoms with Gasteiger partial charge >= 0.3 is 0 Å². The summed E-state index contributed by atoms with van der Waals surface area (Å²) in [5.41, 5.74) is 1.97. The lowest BCUT2D eigenvalue weighted by atomic mass is 10.0. The third-order valence-electron chi connectivity index (χ3n) is 3.30. The lowest BCUT2D eigenvalue weighted by molar-refractivity contribution is 0.602. The summed E-state index contributed by atoms with van der Waals surface area (Å²) in [4.78, 5) is 0.866. The molecule has 0 spiro atoms. The van der Waals surface area contributed by atoms with Gasteiger partial charge in [-0.3, -0.25) is 0 Å². The van der Waals surface area contributed by atoms with E-state index in [0.29, 0.717) is 5.02 Å². The van der Waals surface area contributed by atoms with Crippen LogP contribution in [0.2, 0.25) is 5.02 Å². The van der Waals surface area contributed by atoms with Crippen LogP contribution in [0.4, 0.5) is 0 Å². The van der Waals surface area contributed by atoms with Gasteiger partial charge in [-0.25, -0.2) is 0 Å². The highest BCUT2D eigenvalue weighted by Crippen LogP contribution is 2.34. The smallest absolute Gasteiger partial charge is 0.168 e. The molecule has 3 heteroatoms. The second kappa shape index (κ2) is 5.49. The molecule has 0 N–H and O–H groups in total. The molecule has 0 heterocycles. The first-order chi connectivity index (χ1) is 9.66. The molecule has 0 saturated heterocycles. The summed E-state index contributed by atoms with van der Waals surface area (Å²) < 4.78 is 12.2. The SMILES string of the molecule is C[S+]([O-])c1c(-c2cccc(Cl)c2)ccc2ccccc12. The third-order valence-corrected chi connectivity index (χ3v) is 4.55. The van der Waals surface area contributed by atoms with E-state index < -0.39 is 11.2 Å². The molecule has 0 aliphatic heterocycles. The monoisotopic (exact) mass is 300 g/mol. The number of rotatable bonds is 2. The molecule has 1 nitrogen and oxygen atoms in total. The maximum absolute atomic E-state index is 12.2. The first kappa shape index (κ1) is 13.5. The van der Waals surface area contributed by atoms with E-state index in [4.69, 9.17) is 11.6 Å². The van der Waals surface area contributed by atoms with Crippen molar-refractivity contribution in [2.24, 2.45) is 0 Å². The Balaban J connectivity index is 2.33. The third kappa shape index (κ3) is 2.42. The van der Waals surface area contributed by atoms with Gasteiger partial charge in [0.05, 0.1) is 0 Å². The van der Waals surface area contributed by atoms with Crippen LogP contribution in [0.3, 0.4) is 0 Å². The van der Waals surface area contributed by atoms with Gasteiger partial charge in [0.15, 0.2) is 4.90 Å². The molecule has 0 aliphatic carbocycles. The largest absolute Gasteiger partial charge is 0.612 e. The minimum absolute atomic E-state index is 0.684. The van der Waals surface area contributed by atoms with Gasteiger partial charge in [-0.1, -0.05) is 48.0 Å². The van der Waals surface area contributed by atoms with E-state index in [1.807, 2.05) is 54.6 Å². The zero-order valence-electron chi connectivity index (χ0n) is 11.0. The van der Waals surface area contributed by atoms with E-state index in [1.165, 1.54) is 0 Å². The van der Waals surface area contributed by atoms with Gasteiger partial charge in [-0.15, -0.1) is 0 Å². The normalized spacial score (nSPS) is 12.6. The topological polar surface area (TPSA) is 23.1 Å². The molecule has 0 amide bonds. The molecule has 20 heavy (non-hydrogen) atoms. The average molecular weight is 301 g/mol. The van der Waals surface area contributed by atoms with Crippen molar-refractivity contribution in [1.29, 1.82) is 0 Å². The van der Waals surface area contributed by atoms with Crippen LogP contribution in [0, 0.1) is 0 Å². The number of halogens is 1. The van der Waals surface area contributed by atoms with Crippen LogP contribution in [0.25, 0.3) is 21.9 Å². The molecule has 3 rings (SSSR count). The summed E-state index contributed by atoms with van der Waals surface area (Å²) in [7, 11) is 0. The van der Waals surface area contributed by atoms with Crippen LogP contribution in [-0.2, 0) is 11.2 Å². The Morgan fingerprint density at radius 2 is 1.75 bits per heavy atom. The summed E-state index contributed by atoms with van der Waals surface area (Å²) in [5.74, 6) is 0. The van der Waals surface area contributed by atoms with E-state index in [0.717, 1.165) is 26.8 Å². The van der Waals surface area contributed by atoms with Crippen molar-refractivity contribution >= 4 is 33.5 Å². The Morgan fingerprint density at radius 1 is 0.950 bits per heavy atom. The molecule has 0 bridgehead atoms. The highest BCUT2D eigenvalue weighted by molar-refractivity contribution is 7.91. The summed E-state index contributed by atoms with van der Waals surface area (Å²) in [6.45, 7) is 0. The minimum atomic E-state index is -1.07. The number of benzene rings is 3. The molecule has 0 aliphatic rings. The fourth-order valence-electron chi connectivity index (χ4n) is 2.44. The Bertz CT molecular complexity index is 768. The van der Waals surface area contributed by atoms with Gasteiger partial charge in [0, 0.05) is 16.0 Å². The Morgan fingerprint density at radius 3 is 2.50 bits per heavy atom. The van der Waals surface area contributed by atoms with E-state index >= 15 is 0 Å². The van der Waals surface area contributed by atoms with Crippen molar-refractivity contribution in [2.45, 2.75) is 4.90 Å². The molecule has 0 fully saturated rings. The van der Waals surface area contributed by atoms with E-state index in [9.17, 15) is 4.55 Å². The zero-order chi connectivity index (χ0) is 14.1. The highest BCUT2D eigenvalue weighted by atomic mass is 35.5. The van der Waals surface area contributed by atoms with Crippen molar-refractivity contribution in [2.75, 3.05) is 6.26 Å². The number of hydrogen-bond donors (Lipinski definition) is 0. The first-order valence-electron chi connectivity index (χ1n) is 6.28. The van der Waals surface area contributed by atoms with Gasteiger partial charge in [0.2, 0.25) is 0 Å². The van der Waals surface area contributed by atoms with Gasteiger partial charge < -0.3 is 4.55 Å². The van der Waals surface area contributed by atoms with Gasteiger partial charge in [-0.2, -0.15) is 0 Å².